The minimum atomic E-state index is -0.590. The third kappa shape index (κ3) is 3.21. The van der Waals surface area contributed by atoms with Gasteiger partial charge in [0.15, 0.2) is 0 Å². The number of esters is 1. The molecule has 0 aromatic carbocycles. The van der Waals surface area contributed by atoms with Gasteiger partial charge in [-0.3, -0.25) is 0 Å². The average molecular weight is 232 g/mol. The lowest BCUT2D eigenvalue weighted by molar-refractivity contribution is -0.141. The first-order valence-corrected chi connectivity index (χ1v) is 4.42. The van der Waals surface area contributed by atoms with Crippen LogP contribution in [0.2, 0.25) is 5.28 Å². The van der Waals surface area contributed by atoms with Gasteiger partial charge in [0, 0.05) is 0 Å². The summed E-state index contributed by atoms with van der Waals surface area (Å²) in [6.45, 7) is 1.60. The maximum absolute atomic E-state index is 11.1. The summed E-state index contributed by atoms with van der Waals surface area (Å²) in [6.07, 6.45) is 0. The molecule has 0 aliphatic carbocycles. The monoisotopic (exact) mass is 231 g/mol. The van der Waals surface area contributed by atoms with E-state index >= 15 is 0 Å². The second-order valence-electron chi connectivity index (χ2n) is 2.68. The van der Waals surface area contributed by atoms with Gasteiger partial charge >= 0.3 is 5.97 Å². The molecule has 0 radical (unpaired) electrons. The Labute approximate surface area is 91.0 Å². The number of hydrogen-bond donors (Lipinski definition) is 2. The van der Waals surface area contributed by atoms with Crippen LogP contribution in [-0.4, -0.2) is 34.1 Å². The molecular weight excluding hydrogens is 222 g/mol. The Bertz CT molecular complexity index is 352. The van der Waals surface area contributed by atoms with Gasteiger partial charge in [0.25, 0.3) is 0 Å². The first kappa shape index (κ1) is 11.4. The van der Waals surface area contributed by atoms with Crippen molar-refractivity contribution in [2.75, 3.05) is 18.2 Å². The number of rotatable bonds is 3. The van der Waals surface area contributed by atoms with Crippen molar-refractivity contribution < 1.29 is 9.53 Å². The van der Waals surface area contributed by atoms with Gasteiger partial charge in [0.1, 0.15) is 6.04 Å². The van der Waals surface area contributed by atoms with Gasteiger partial charge in [-0.1, -0.05) is 0 Å². The highest BCUT2D eigenvalue weighted by Crippen LogP contribution is 2.08. The van der Waals surface area contributed by atoms with Crippen molar-refractivity contribution >= 4 is 29.5 Å². The Balaban J connectivity index is 2.76. The number of hydrogen-bond acceptors (Lipinski definition) is 7. The predicted octanol–water partition coefficient (Wildman–Crippen LogP) is 0.0806. The van der Waals surface area contributed by atoms with Crippen molar-refractivity contribution in [1.29, 1.82) is 0 Å². The Morgan fingerprint density at radius 3 is 2.73 bits per heavy atom. The van der Waals surface area contributed by atoms with E-state index < -0.39 is 12.0 Å². The zero-order chi connectivity index (χ0) is 11.4. The van der Waals surface area contributed by atoms with E-state index in [-0.39, 0.29) is 17.2 Å². The van der Waals surface area contributed by atoms with E-state index in [1.807, 2.05) is 0 Å². The molecule has 0 amide bonds. The summed E-state index contributed by atoms with van der Waals surface area (Å²) >= 11 is 5.55. The van der Waals surface area contributed by atoms with Gasteiger partial charge in [-0.15, -0.1) is 0 Å². The van der Waals surface area contributed by atoms with Crippen molar-refractivity contribution in [3.63, 3.8) is 0 Å². The Morgan fingerprint density at radius 1 is 1.53 bits per heavy atom. The highest BCUT2D eigenvalue weighted by molar-refractivity contribution is 6.28. The summed E-state index contributed by atoms with van der Waals surface area (Å²) in [7, 11) is 1.29. The van der Waals surface area contributed by atoms with Crippen molar-refractivity contribution in [2.24, 2.45) is 0 Å². The third-order valence-corrected chi connectivity index (χ3v) is 1.69. The van der Waals surface area contributed by atoms with E-state index in [2.05, 4.69) is 25.0 Å². The molecule has 0 aliphatic heterocycles. The van der Waals surface area contributed by atoms with Crippen LogP contribution in [0.15, 0.2) is 0 Å². The van der Waals surface area contributed by atoms with Crippen LogP contribution in [0.1, 0.15) is 6.92 Å². The number of carbonyl (C=O) groups excluding carboxylic acids is 1. The summed E-state index contributed by atoms with van der Waals surface area (Å²) in [5, 5.41) is 2.63. The first-order chi connectivity index (χ1) is 7.02. The smallest absolute Gasteiger partial charge is 0.328 e. The highest BCUT2D eigenvalue weighted by Gasteiger charge is 2.14. The quantitative estimate of drug-likeness (QED) is 0.710. The molecule has 0 bridgehead atoms. The molecule has 3 N–H and O–H groups in total. The number of halogens is 1. The first-order valence-electron chi connectivity index (χ1n) is 4.04. The fraction of sp³-hybridized carbons (Fsp3) is 0.429. The molecule has 1 aromatic heterocycles. The lowest BCUT2D eigenvalue weighted by Crippen LogP contribution is -2.28. The molecule has 1 aromatic rings. The van der Waals surface area contributed by atoms with Gasteiger partial charge in [-0.05, 0) is 18.5 Å². The van der Waals surface area contributed by atoms with E-state index in [1.54, 1.807) is 6.92 Å². The molecular formula is C7H10ClN5O2. The van der Waals surface area contributed by atoms with Crippen LogP contribution in [-0.2, 0) is 9.53 Å². The van der Waals surface area contributed by atoms with Gasteiger partial charge in [-0.25, -0.2) is 4.79 Å². The zero-order valence-corrected chi connectivity index (χ0v) is 8.95. The molecule has 1 rings (SSSR count). The minimum Gasteiger partial charge on any atom is -0.467 e. The standard InChI is InChI=1S/C7H10ClN5O2/c1-3(4(14)15-2)10-7-12-5(8)11-6(9)13-7/h3H,1-2H3,(H3,9,10,11,12,13). The number of carbonyl (C=O) groups is 1. The summed E-state index contributed by atoms with van der Waals surface area (Å²) < 4.78 is 4.51. The second-order valence-corrected chi connectivity index (χ2v) is 3.01. The summed E-state index contributed by atoms with van der Waals surface area (Å²) in [6, 6.07) is -0.590. The lowest BCUT2D eigenvalue weighted by atomic mass is 10.3. The van der Waals surface area contributed by atoms with Crippen molar-refractivity contribution in [1.82, 2.24) is 15.0 Å². The summed E-state index contributed by atoms with van der Waals surface area (Å²) in [4.78, 5) is 22.1. The van der Waals surface area contributed by atoms with E-state index in [4.69, 9.17) is 17.3 Å². The molecule has 8 heteroatoms. The number of aromatic nitrogens is 3. The van der Waals surface area contributed by atoms with Crippen LogP contribution in [0, 0.1) is 0 Å². The summed E-state index contributed by atoms with van der Waals surface area (Å²) in [5.41, 5.74) is 5.34. The molecule has 0 fully saturated rings. The zero-order valence-electron chi connectivity index (χ0n) is 8.19. The molecule has 1 unspecified atom stereocenters. The topological polar surface area (TPSA) is 103 Å². The number of nitrogens with zero attached hydrogens (tertiary/aromatic N) is 3. The molecule has 15 heavy (non-hydrogen) atoms. The van der Waals surface area contributed by atoms with Crippen LogP contribution < -0.4 is 11.1 Å². The van der Waals surface area contributed by atoms with Crippen LogP contribution in [0.4, 0.5) is 11.9 Å². The molecule has 0 spiro atoms. The van der Waals surface area contributed by atoms with Gasteiger partial charge < -0.3 is 15.8 Å². The van der Waals surface area contributed by atoms with Crippen LogP contribution in [0.5, 0.6) is 0 Å². The molecule has 82 valence electrons. The van der Waals surface area contributed by atoms with Crippen molar-refractivity contribution in [3.8, 4) is 0 Å². The van der Waals surface area contributed by atoms with Crippen LogP contribution in [0.3, 0.4) is 0 Å². The Kier molecular flexibility index (Phi) is 3.62. The fourth-order valence-electron chi connectivity index (χ4n) is 0.859. The number of ether oxygens (including phenoxy) is 1. The van der Waals surface area contributed by atoms with E-state index in [9.17, 15) is 4.79 Å². The molecule has 1 atom stereocenters. The predicted molar refractivity (Wildman–Crippen MR) is 54.4 cm³/mol. The molecule has 0 saturated heterocycles. The second kappa shape index (κ2) is 4.74. The number of nitrogens with one attached hydrogen (secondary N) is 1. The van der Waals surface area contributed by atoms with Gasteiger partial charge in [-0.2, -0.15) is 15.0 Å². The van der Waals surface area contributed by atoms with E-state index in [1.165, 1.54) is 7.11 Å². The van der Waals surface area contributed by atoms with Crippen LogP contribution >= 0.6 is 11.6 Å². The number of methoxy groups -OCH3 is 1. The number of nitrogen functional groups attached to an aromatic ring is 1. The largest absolute Gasteiger partial charge is 0.467 e. The van der Waals surface area contributed by atoms with Gasteiger partial charge in [0.2, 0.25) is 17.2 Å². The fourth-order valence-corrected chi connectivity index (χ4v) is 1.03. The maximum Gasteiger partial charge on any atom is 0.328 e. The average Bonchev–Trinajstić information content (AvgIpc) is 2.14. The highest BCUT2D eigenvalue weighted by atomic mass is 35.5. The SMILES string of the molecule is COC(=O)C(C)Nc1nc(N)nc(Cl)n1. The Morgan fingerprint density at radius 2 is 2.20 bits per heavy atom. The van der Waals surface area contributed by atoms with Gasteiger partial charge in [0.05, 0.1) is 7.11 Å². The number of anilines is 2. The molecule has 0 saturated carbocycles. The minimum absolute atomic E-state index is 0.0189. The lowest BCUT2D eigenvalue weighted by Gasteiger charge is -2.10. The Hall–Kier alpha value is -1.63. The van der Waals surface area contributed by atoms with Crippen LogP contribution in [0.25, 0.3) is 0 Å². The van der Waals surface area contributed by atoms with E-state index in [0.29, 0.717) is 0 Å². The van der Waals surface area contributed by atoms with E-state index in [0.717, 1.165) is 0 Å². The van der Waals surface area contributed by atoms with Crippen molar-refractivity contribution in [3.05, 3.63) is 5.28 Å². The molecule has 7 nitrogen and oxygen atoms in total. The maximum atomic E-state index is 11.1. The normalized spacial score (nSPS) is 11.9. The summed E-state index contributed by atoms with van der Waals surface area (Å²) in [5.74, 6) is -0.329. The van der Waals surface area contributed by atoms with Crippen molar-refractivity contribution in [2.45, 2.75) is 13.0 Å². The molecule has 0 aliphatic rings. The molecule has 1 heterocycles. The third-order valence-electron chi connectivity index (χ3n) is 1.53. The number of nitrogens with two attached hydrogens (primary N) is 1.